The summed E-state index contributed by atoms with van der Waals surface area (Å²) in [6, 6.07) is 7.85. The summed E-state index contributed by atoms with van der Waals surface area (Å²) in [6.07, 6.45) is 2.16. The van der Waals surface area contributed by atoms with Crippen molar-refractivity contribution >= 4 is 23.5 Å². The van der Waals surface area contributed by atoms with Gasteiger partial charge in [0.2, 0.25) is 5.95 Å². The molecule has 0 aliphatic carbocycles. The molecule has 0 spiro atoms. The molecule has 0 unspecified atom stereocenters. The molecule has 1 aromatic heterocycles. The van der Waals surface area contributed by atoms with Gasteiger partial charge in [-0.1, -0.05) is 19.4 Å². The predicted molar refractivity (Wildman–Crippen MR) is 139 cm³/mol. The van der Waals surface area contributed by atoms with E-state index in [1.54, 1.807) is 13.8 Å². The summed E-state index contributed by atoms with van der Waals surface area (Å²) in [7, 11) is 0. The molecule has 190 valence electrons. The Labute approximate surface area is 207 Å². The second-order valence-corrected chi connectivity index (χ2v) is 10.2. The number of benzene rings is 1. The lowest BCUT2D eigenvalue weighted by molar-refractivity contribution is 0.0943. The molecule has 3 heterocycles. The van der Waals surface area contributed by atoms with E-state index in [0.29, 0.717) is 31.6 Å². The molecule has 35 heavy (non-hydrogen) atoms. The number of anilines is 3. The van der Waals surface area contributed by atoms with Crippen molar-refractivity contribution in [3.8, 4) is 11.3 Å². The Morgan fingerprint density at radius 2 is 1.97 bits per heavy atom. The standard InChI is InChI=1S/C26H38N6O3/c1-5-19-8-9-32(16-19)25(33)28-20-7-6-18(2)21(14-20)22-15-23(31-10-12-35-13-11-31)30-24(29-22)27-17-26(3,4)34/h6-7,14-15,19,34H,5,8-13,16-17H2,1-4H3,(H,28,33)(H,27,29,30)/t19-/m1/s1. The third-order valence-electron chi connectivity index (χ3n) is 6.64. The van der Waals surface area contributed by atoms with Crippen LogP contribution in [0.4, 0.5) is 22.2 Å². The van der Waals surface area contributed by atoms with E-state index < -0.39 is 5.60 Å². The summed E-state index contributed by atoms with van der Waals surface area (Å²) in [5.41, 5.74) is 2.59. The third-order valence-corrected chi connectivity index (χ3v) is 6.64. The van der Waals surface area contributed by atoms with Crippen LogP contribution in [0.15, 0.2) is 24.3 Å². The highest BCUT2D eigenvalue weighted by atomic mass is 16.5. The van der Waals surface area contributed by atoms with Crippen LogP contribution in [0, 0.1) is 12.8 Å². The third kappa shape index (κ3) is 6.61. The van der Waals surface area contributed by atoms with E-state index in [0.717, 1.165) is 67.3 Å². The fourth-order valence-corrected chi connectivity index (χ4v) is 4.43. The first-order valence-corrected chi connectivity index (χ1v) is 12.6. The van der Waals surface area contributed by atoms with E-state index in [-0.39, 0.29) is 6.03 Å². The van der Waals surface area contributed by atoms with Gasteiger partial charge in [-0.25, -0.2) is 9.78 Å². The van der Waals surface area contributed by atoms with Crippen molar-refractivity contribution in [2.45, 2.75) is 46.1 Å². The minimum atomic E-state index is -0.898. The van der Waals surface area contributed by atoms with Crippen molar-refractivity contribution in [2.75, 3.05) is 61.5 Å². The second-order valence-electron chi connectivity index (χ2n) is 10.2. The maximum atomic E-state index is 12.8. The molecule has 2 saturated heterocycles. The summed E-state index contributed by atoms with van der Waals surface area (Å²) < 4.78 is 5.51. The van der Waals surface area contributed by atoms with Crippen LogP contribution in [0.2, 0.25) is 0 Å². The van der Waals surface area contributed by atoms with Crippen LogP contribution in [0.1, 0.15) is 39.2 Å². The van der Waals surface area contributed by atoms with E-state index in [2.05, 4.69) is 22.5 Å². The van der Waals surface area contributed by atoms with Crippen LogP contribution < -0.4 is 15.5 Å². The van der Waals surface area contributed by atoms with Crippen molar-refractivity contribution in [3.05, 3.63) is 29.8 Å². The zero-order valence-electron chi connectivity index (χ0n) is 21.3. The zero-order chi connectivity index (χ0) is 25.0. The Kier molecular flexibility index (Phi) is 7.76. The van der Waals surface area contributed by atoms with Gasteiger partial charge in [0.25, 0.3) is 0 Å². The average molecular weight is 483 g/mol. The molecule has 1 atom stereocenters. The summed E-state index contributed by atoms with van der Waals surface area (Å²) in [6.45, 7) is 12.4. The summed E-state index contributed by atoms with van der Waals surface area (Å²) in [5.74, 6) is 1.86. The smallest absolute Gasteiger partial charge is 0.321 e. The predicted octanol–water partition coefficient (Wildman–Crippen LogP) is 3.74. The quantitative estimate of drug-likeness (QED) is 0.552. The number of ether oxygens (including phenoxy) is 1. The van der Waals surface area contributed by atoms with E-state index in [1.165, 1.54) is 0 Å². The van der Waals surface area contributed by atoms with E-state index in [9.17, 15) is 9.90 Å². The molecule has 2 aromatic rings. The number of aryl methyl sites for hydroxylation is 1. The minimum absolute atomic E-state index is 0.0556. The lowest BCUT2D eigenvalue weighted by atomic mass is 10.0. The number of aliphatic hydroxyl groups is 1. The summed E-state index contributed by atoms with van der Waals surface area (Å²) in [5, 5.41) is 16.4. The molecule has 0 saturated carbocycles. The molecule has 4 rings (SSSR count). The number of aromatic nitrogens is 2. The molecule has 2 aliphatic heterocycles. The van der Waals surface area contributed by atoms with Crippen molar-refractivity contribution in [2.24, 2.45) is 5.92 Å². The zero-order valence-corrected chi connectivity index (χ0v) is 21.3. The number of carbonyl (C=O) groups is 1. The van der Waals surface area contributed by atoms with Crippen LogP contribution in [-0.4, -0.2) is 77.5 Å². The maximum Gasteiger partial charge on any atom is 0.321 e. The Morgan fingerprint density at radius 1 is 1.20 bits per heavy atom. The molecule has 2 fully saturated rings. The number of morpholine rings is 1. The highest BCUT2D eigenvalue weighted by Crippen LogP contribution is 2.30. The molecule has 0 bridgehead atoms. The molecule has 2 amide bonds. The molecule has 0 radical (unpaired) electrons. The van der Waals surface area contributed by atoms with E-state index in [1.807, 2.05) is 36.1 Å². The number of carbonyl (C=O) groups excluding carboxylic acids is 1. The van der Waals surface area contributed by atoms with Gasteiger partial charge in [-0.3, -0.25) is 0 Å². The van der Waals surface area contributed by atoms with Gasteiger partial charge in [-0.05, 0) is 50.8 Å². The van der Waals surface area contributed by atoms with Crippen LogP contribution in [0.5, 0.6) is 0 Å². The van der Waals surface area contributed by atoms with Gasteiger partial charge in [0.15, 0.2) is 0 Å². The van der Waals surface area contributed by atoms with E-state index >= 15 is 0 Å². The van der Waals surface area contributed by atoms with Crippen molar-refractivity contribution < 1.29 is 14.6 Å². The normalized spacial score (nSPS) is 18.6. The van der Waals surface area contributed by atoms with Crippen LogP contribution in [-0.2, 0) is 4.74 Å². The molecule has 9 heteroatoms. The van der Waals surface area contributed by atoms with Gasteiger partial charge in [-0.15, -0.1) is 0 Å². The van der Waals surface area contributed by atoms with Gasteiger partial charge in [0.1, 0.15) is 5.82 Å². The minimum Gasteiger partial charge on any atom is -0.389 e. The Morgan fingerprint density at radius 3 is 2.66 bits per heavy atom. The molecule has 2 aliphatic rings. The molecular weight excluding hydrogens is 444 g/mol. The number of hydrogen-bond acceptors (Lipinski definition) is 7. The van der Waals surface area contributed by atoms with Gasteiger partial charge >= 0.3 is 6.03 Å². The molecular formula is C26H38N6O3. The number of nitrogens with one attached hydrogen (secondary N) is 2. The Hall–Kier alpha value is -2.91. The monoisotopic (exact) mass is 482 g/mol. The number of amides is 2. The lowest BCUT2D eigenvalue weighted by Gasteiger charge is -2.28. The van der Waals surface area contributed by atoms with Crippen LogP contribution in [0.3, 0.4) is 0 Å². The van der Waals surface area contributed by atoms with Crippen LogP contribution >= 0.6 is 0 Å². The molecule has 3 N–H and O–H groups in total. The van der Waals surface area contributed by atoms with Crippen LogP contribution in [0.25, 0.3) is 11.3 Å². The number of likely N-dealkylation sites (tertiary alicyclic amines) is 1. The number of urea groups is 1. The largest absolute Gasteiger partial charge is 0.389 e. The Balaban J connectivity index is 1.61. The number of nitrogens with zero attached hydrogens (tertiary/aromatic N) is 4. The first kappa shape index (κ1) is 25.2. The fraction of sp³-hybridized carbons (Fsp3) is 0.577. The van der Waals surface area contributed by atoms with Gasteiger partial charge in [-0.2, -0.15) is 4.98 Å². The summed E-state index contributed by atoms with van der Waals surface area (Å²) in [4.78, 5) is 26.4. The van der Waals surface area contributed by atoms with E-state index in [4.69, 9.17) is 14.7 Å². The van der Waals surface area contributed by atoms with Crippen molar-refractivity contribution in [3.63, 3.8) is 0 Å². The first-order chi connectivity index (χ1) is 16.7. The molecule has 9 nitrogen and oxygen atoms in total. The first-order valence-electron chi connectivity index (χ1n) is 12.6. The number of hydrogen-bond donors (Lipinski definition) is 3. The maximum absolute atomic E-state index is 12.8. The number of rotatable bonds is 7. The summed E-state index contributed by atoms with van der Waals surface area (Å²) >= 11 is 0. The fourth-order valence-electron chi connectivity index (χ4n) is 4.43. The highest BCUT2D eigenvalue weighted by Gasteiger charge is 2.25. The Bertz CT molecular complexity index is 1030. The van der Waals surface area contributed by atoms with Gasteiger partial charge in [0, 0.05) is 50.0 Å². The molecule has 1 aromatic carbocycles. The lowest BCUT2D eigenvalue weighted by Crippen LogP contribution is -2.37. The average Bonchev–Trinajstić information content (AvgIpc) is 3.33. The van der Waals surface area contributed by atoms with Gasteiger partial charge in [0.05, 0.1) is 24.5 Å². The van der Waals surface area contributed by atoms with Crippen molar-refractivity contribution in [1.82, 2.24) is 14.9 Å². The second kappa shape index (κ2) is 10.8. The highest BCUT2D eigenvalue weighted by molar-refractivity contribution is 5.90. The topological polar surface area (TPSA) is 103 Å². The SMILES string of the molecule is CC[C@@H]1CCN(C(=O)Nc2ccc(C)c(-c3cc(N4CCOCC4)nc(NCC(C)(C)O)n3)c2)C1. The van der Waals surface area contributed by atoms with Crippen molar-refractivity contribution in [1.29, 1.82) is 0 Å². The van der Waals surface area contributed by atoms with Gasteiger partial charge < -0.3 is 30.3 Å².